The fourth-order valence-corrected chi connectivity index (χ4v) is 7.04. The van der Waals surface area contributed by atoms with Crippen LogP contribution in [0.3, 0.4) is 0 Å². The molecule has 0 aromatic carbocycles. The van der Waals surface area contributed by atoms with Gasteiger partial charge in [-0.05, 0) is 45.1 Å². The van der Waals surface area contributed by atoms with Gasteiger partial charge in [-0.3, -0.25) is 14.4 Å². The van der Waals surface area contributed by atoms with Gasteiger partial charge < -0.3 is 24.4 Å². The van der Waals surface area contributed by atoms with E-state index in [9.17, 15) is 19.5 Å². The summed E-state index contributed by atoms with van der Waals surface area (Å²) in [7, 11) is 0. The van der Waals surface area contributed by atoms with Crippen LogP contribution in [0.2, 0.25) is 0 Å². The standard InChI is InChI=1S/C27H40N2O6/c1-8-26-11-10-14-34-23(33)19(26)18-21(31)29(17(2)15-30)20-22(32)28(13-9-12-27(18,20)35-26)25(6,7)16-24(3,4)5/h9-12,17-20,30H,8,13-16H2,1-7H3/t17-,18+,19+,20?,26-,27+/m1/s1. The first-order valence-electron chi connectivity index (χ1n) is 12.7. The lowest BCUT2D eigenvalue weighted by Crippen LogP contribution is -2.61. The molecule has 0 saturated carbocycles. The molecule has 6 atom stereocenters. The van der Waals surface area contributed by atoms with Crippen LogP contribution in [-0.2, 0) is 23.9 Å². The van der Waals surface area contributed by atoms with Gasteiger partial charge in [0.15, 0.2) is 0 Å². The van der Waals surface area contributed by atoms with E-state index in [1.807, 2.05) is 43.9 Å². The number of carbonyl (C=O) groups excluding carboxylic acids is 3. The molecule has 4 rings (SSSR count). The van der Waals surface area contributed by atoms with Crippen LogP contribution in [0, 0.1) is 17.3 Å². The molecule has 35 heavy (non-hydrogen) atoms. The second-order valence-electron chi connectivity index (χ2n) is 12.3. The molecule has 4 aliphatic rings. The molecule has 194 valence electrons. The number of likely N-dealkylation sites (tertiary alicyclic amines) is 1. The number of carbonyl (C=O) groups is 3. The molecule has 0 radical (unpaired) electrons. The number of amides is 2. The third-order valence-electron chi connectivity index (χ3n) is 8.07. The summed E-state index contributed by atoms with van der Waals surface area (Å²) in [5.41, 5.74) is -2.89. The molecule has 1 unspecified atom stereocenters. The molecular formula is C27H40N2O6. The number of nitrogens with zero attached hydrogens (tertiary/aromatic N) is 2. The summed E-state index contributed by atoms with van der Waals surface area (Å²) < 4.78 is 12.3. The van der Waals surface area contributed by atoms with Crippen molar-refractivity contribution in [3.05, 3.63) is 24.3 Å². The molecule has 4 heterocycles. The monoisotopic (exact) mass is 488 g/mol. The zero-order valence-electron chi connectivity index (χ0n) is 22.0. The molecule has 1 N–H and O–H groups in total. The molecule has 0 aromatic heterocycles. The average molecular weight is 489 g/mol. The number of rotatable bonds is 5. The fraction of sp³-hybridized carbons (Fsp3) is 0.741. The van der Waals surface area contributed by atoms with Crippen LogP contribution in [-0.4, -0.2) is 81.3 Å². The second-order valence-corrected chi connectivity index (χ2v) is 12.3. The maximum Gasteiger partial charge on any atom is 0.313 e. The molecule has 4 aliphatic heterocycles. The molecule has 0 aliphatic carbocycles. The molecule has 1 spiro atoms. The van der Waals surface area contributed by atoms with Crippen LogP contribution in [0.15, 0.2) is 24.3 Å². The Kier molecular flexibility index (Phi) is 6.24. The normalized spacial score (nSPS) is 35.9. The van der Waals surface area contributed by atoms with Crippen molar-refractivity contribution in [3.8, 4) is 0 Å². The van der Waals surface area contributed by atoms with E-state index in [2.05, 4.69) is 20.8 Å². The van der Waals surface area contributed by atoms with E-state index in [1.165, 1.54) is 4.90 Å². The number of hydrogen-bond donors (Lipinski definition) is 1. The van der Waals surface area contributed by atoms with Crippen LogP contribution in [0.25, 0.3) is 0 Å². The lowest BCUT2D eigenvalue weighted by molar-refractivity contribution is -0.162. The minimum absolute atomic E-state index is 0.0263. The van der Waals surface area contributed by atoms with Crippen LogP contribution in [0.1, 0.15) is 61.3 Å². The molecule has 8 heteroatoms. The van der Waals surface area contributed by atoms with E-state index in [-0.39, 0.29) is 30.4 Å². The molecule has 2 fully saturated rings. The Labute approximate surface area is 208 Å². The van der Waals surface area contributed by atoms with E-state index in [0.717, 1.165) is 6.42 Å². The average Bonchev–Trinajstić information content (AvgIpc) is 3.03. The zero-order valence-corrected chi connectivity index (χ0v) is 22.0. The summed E-state index contributed by atoms with van der Waals surface area (Å²) >= 11 is 0. The topological polar surface area (TPSA) is 96.4 Å². The van der Waals surface area contributed by atoms with E-state index >= 15 is 0 Å². The lowest BCUT2D eigenvalue weighted by atomic mass is 9.73. The number of esters is 1. The third-order valence-corrected chi connectivity index (χ3v) is 8.07. The maximum atomic E-state index is 14.4. The molecular weight excluding hydrogens is 448 g/mol. The number of aliphatic hydroxyl groups is 1. The van der Waals surface area contributed by atoms with Crippen LogP contribution in [0.5, 0.6) is 0 Å². The number of cyclic esters (lactones) is 1. The minimum atomic E-state index is -1.33. The molecule has 0 bridgehead atoms. The molecule has 2 saturated heterocycles. The Morgan fingerprint density at radius 1 is 1.09 bits per heavy atom. The number of aliphatic hydroxyl groups excluding tert-OH is 1. The fourth-order valence-electron chi connectivity index (χ4n) is 7.04. The predicted octanol–water partition coefficient (Wildman–Crippen LogP) is 2.45. The van der Waals surface area contributed by atoms with E-state index in [1.54, 1.807) is 13.0 Å². The van der Waals surface area contributed by atoms with Gasteiger partial charge in [-0.25, -0.2) is 0 Å². The van der Waals surface area contributed by atoms with Gasteiger partial charge in [0, 0.05) is 12.1 Å². The van der Waals surface area contributed by atoms with Gasteiger partial charge in [-0.15, -0.1) is 0 Å². The quantitative estimate of drug-likeness (QED) is 0.472. The summed E-state index contributed by atoms with van der Waals surface area (Å²) in [6.07, 6.45) is 8.54. The predicted molar refractivity (Wildman–Crippen MR) is 130 cm³/mol. The Morgan fingerprint density at radius 2 is 1.77 bits per heavy atom. The van der Waals surface area contributed by atoms with Crippen molar-refractivity contribution in [2.45, 2.75) is 90.1 Å². The van der Waals surface area contributed by atoms with Crippen molar-refractivity contribution in [2.75, 3.05) is 19.8 Å². The highest BCUT2D eigenvalue weighted by Gasteiger charge is 2.76. The van der Waals surface area contributed by atoms with Crippen molar-refractivity contribution in [1.29, 1.82) is 0 Å². The van der Waals surface area contributed by atoms with Crippen molar-refractivity contribution < 1.29 is 29.0 Å². The van der Waals surface area contributed by atoms with Crippen molar-refractivity contribution in [3.63, 3.8) is 0 Å². The SMILES string of the molecule is CC[C@@]12C=CCOC(=O)[C@@H]1[C@H]1C(=O)N([C@H](C)CO)C3C(=O)N(C(C)(C)CC(C)(C)C)CC=C[C@@]31O2. The Morgan fingerprint density at radius 3 is 2.37 bits per heavy atom. The Hall–Kier alpha value is -2.19. The largest absolute Gasteiger partial charge is 0.461 e. The van der Waals surface area contributed by atoms with Gasteiger partial charge in [-0.2, -0.15) is 0 Å². The number of fused-ring (bicyclic) bond motifs is 2. The summed E-state index contributed by atoms with van der Waals surface area (Å²) in [4.78, 5) is 45.0. The third kappa shape index (κ3) is 3.84. The van der Waals surface area contributed by atoms with Gasteiger partial charge in [-0.1, -0.05) is 45.9 Å². The molecule has 8 nitrogen and oxygen atoms in total. The summed E-state index contributed by atoms with van der Waals surface area (Å²) in [6.45, 7) is 14.3. The van der Waals surface area contributed by atoms with Crippen molar-refractivity contribution in [1.82, 2.24) is 9.80 Å². The molecule has 2 amide bonds. The van der Waals surface area contributed by atoms with Gasteiger partial charge in [0.05, 0.1) is 18.6 Å². The number of hydrogen-bond acceptors (Lipinski definition) is 6. The van der Waals surface area contributed by atoms with Crippen LogP contribution >= 0.6 is 0 Å². The van der Waals surface area contributed by atoms with Crippen molar-refractivity contribution >= 4 is 17.8 Å². The van der Waals surface area contributed by atoms with Gasteiger partial charge in [0.2, 0.25) is 11.8 Å². The van der Waals surface area contributed by atoms with E-state index in [0.29, 0.717) is 13.0 Å². The van der Waals surface area contributed by atoms with Gasteiger partial charge in [0.25, 0.3) is 0 Å². The first kappa shape index (κ1) is 25.9. The van der Waals surface area contributed by atoms with E-state index in [4.69, 9.17) is 9.47 Å². The summed E-state index contributed by atoms with van der Waals surface area (Å²) in [5.74, 6) is -2.84. The molecule has 0 aromatic rings. The highest BCUT2D eigenvalue weighted by Crippen LogP contribution is 2.59. The Bertz CT molecular complexity index is 965. The Balaban J connectivity index is 1.88. The number of ether oxygens (including phenoxy) is 2. The first-order valence-corrected chi connectivity index (χ1v) is 12.7. The second kappa shape index (κ2) is 8.44. The smallest absolute Gasteiger partial charge is 0.313 e. The van der Waals surface area contributed by atoms with Crippen molar-refractivity contribution in [2.24, 2.45) is 17.3 Å². The van der Waals surface area contributed by atoms with Gasteiger partial charge >= 0.3 is 5.97 Å². The van der Waals surface area contributed by atoms with E-state index < -0.39 is 46.6 Å². The minimum Gasteiger partial charge on any atom is -0.461 e. The highest BCUT2D eigenvalue weighted by atomic mass is 16.6. The van der Waals surface area contributed by atoms with Crippen LogP contribution < -0.4 is 0 Å². The summed E-state index contributed by atoms with van der Waals surface area (Å²) in [6, 6.07) is -1.60. The first-order chi connectivity index (χ1) is 16.2. The van der Waals surface area contributed by atoms with Gasteiger partial charge in [0.1, 0.15) is 29.8 Å². The zero-order chi connectivity index (χ0) is 26.0. The highest BCUT2D eigenvalue weighted by molar-refractivity contribution is 5.99. The summed E-state index contributed by atoms with van der Waals surface area (Å²) in [5, 5.41) is 10.0. The lowest BCUT2D eigenvalue weighted by Gasteiger charge is -2.45. The maximum absolute atomic E-state index is 14.4. The van der Waals surface area contributed by atoms with Crippen LogP contribution in [0.4, 0.5) is 0 Å².